The van der Waals surface area contributed by atoms with E-state index < -0.39 is 77.2 Å². The third-order valence-electron chi connectivity index (χ3n) is 7.02. The van der Waals surface area contributed by atoms with Crippen LogP contribution in [-0.2, 0) is 21.9 Å². The number of carbonyl (C=O) groups excluding carboxylic acids is 3. The van der Waals surface area contributed by atoms with Gasteiger partial charge in [0.1, 0.15) is 17.5 Å². The number of hydrogen-bond acceptors (Lipinski definition) is 6. The van der Waals surface area contributed by atoms with Crippen molar-refractivity contribution in [2.24, 2.45) is 0 Å². The standard InChI is InChI=1S/C28H18F9IN4O5/c29-26(30,31)14-7-13(8-15(9-14)27(32,33)34)18-2-3-19-23(39-18)25(45)42-6-5-41(11-20(42)24(44)40-19)22(43)12-46-21-4-1-16(10-17(21)38)47-28(35,36)37/h1-4,7-10,20H,5-6,11-12H2,(H,40,44)/t20-/m0/s1. The molecule has 3 heterocycles. The van der Waals surface area contributed by atoms with Crippen LogP contribution in [0.5, 0.6) is 11.5 Å². The Kier molecular flexibility index (Phi) is 8.97. The van der Waals surface area contributed by atoms with Crippen molar-refractivity contribution in [3.63, 3.8) is 0 Å². The summed E-state index contributed by atoms with van der Waals surface area (Å²) in [6.45, 7) is -1.17. The Hall–Kier alpha value is -4.30. The van der Waals surface area contributed by atoms with E-state index in [1.165, 1.54) is 11.0 Å². The summed E-state index contributed by atoms with van der Waals surface area (Å²) >= 11 is 1.69. The molecule has 3 amide bonds. The number of aromatic nitrogens is 1. The summed E-state index contributed by atoms with van der Waals surface area (Å²) in [4.78, 5) is 45.8. The number of hydrogen-bond donors (Lipinski definition) is 1. The van der Waals surface area contributed by atoms with E-state index in [-0.39, 0.29) is 46.4 Å². The fourth-order valence-corrected chi connectivity index (χ4v) is 5.48. The summed E-state index contributed by atoms with van der Waals surface area (Å²) in [6, 6.07) is 5.04. The van der Waals surface area contributed by atoms with Crippen LogP contribution in [0.2, 0.25) is 0 Å². The Morgan fingerprint density at radius 2 is 1.57 bits per heavy atom. The Balaban J connectivity index is 1.32. The molecule has 0 aliphatic carbocycles. The molecule has 19 heteroatoms. The van der Waals surface area contributed by atoms with Gasteiger partial charge in [0.05, 0.1) is 32.6 Å². The van der Waals surface area contributed by atoms with Crippen LogP contribution >= 0.6 is 22.6 Å². The zero-order chi connectivity index (χ0) is 34.5. The molecule has 2 aliphatic heterocycles. The molecule has 1 N–H and O–H groups in total. The second-order valence-corrected chi connectivity index (χ2v) is 11.3. The molecule has 3 aromatic rings. The van der Waals surface area contributed by atoms with Crippen molar-refractivity contribution in [2.45, 2.75) is 24.8 Å². The number of alkyl halides is 9. The number of nitrogens with zero attached hydrogens (tertiary/aromatic N) is 3. The molecule has 1 saturated heterocycles. The van der Waals surface area contributed by atoms with Crippen molar-refractivity contribution in [2.75, 3.05) is 31.6 Å². The van der Waals surface area contributed by atoms with Gasteiger partial charge in [-0.25, -0.2) is 4.98 Å². The molecule has 250 valence electrons. The lowest BCUT2D eigenvalue weighted by Gasteiger charge is -2.39. The highest BCUT2D eigenvalue weighted by atomic mass is 127. The van der Waals surface area contributed by atoms with Gasteiger partial charge in [-0.15, -0.1) is 13.2 Å². The molecular weight excluding hydrogens is 770 g/mol. The van der Waals surface area contributed by atoms with Crippen LogP contribution in [0.15, 0.2) is 48.5 Å². The highest BCUT2D eigenvalue weighted by Crippen LogP contribution is 2.39. The number of piperazine rings is 1. The van der Waals surface area contributed by atoms with E-state index in [0.717, 1.165) is 29.2 Å². The number of fused-ring (bicyclic) bond motifs is 2. The zero-order valence-corrected chi connectivity index (χ0v) is 25.3. The molecule has 0 unspecified atom stereocenters. The number of ether oxygens (including phenoxy) is 2. The van der Waals surface area contributed by atoms with E-state index in [2.05, 4.69) is 15.0 Å². The number of carbonyl (C=O) groups is 3. The molecule has 1 atom stereocenters. The summed E-state index contributed by atoms with van der Waals surface area (Å²) in [7, 11) is 0. The van der Waals surface area contributed by atoms with Crippen LogP contribution < -0.4 is 14.8 Å². The zero-order valence-electron chi connectivity index (χ0n) is 23.2. The van der Waals surface area contributed by atoms with Gasteiger partial charge in [0.25, 0.3) is 11.8 Å². The van der Waals surface area contributed by atoms with Gasteiger partial charge in [-0.3, -0.25) is 14.4 Å². The first kappa shape index (κ1) is 34.0. The second kappa shape index (κ2) is 12.4. The van der Waals surface area contributed by atoms with Gasteiger partial charge in [0.15, 0.2) is 12.3 Å². The Morgan fingerprint density at radius 3 is 2.17 bits per heavy atom. The maximum Gasteiger partial charge on any atom is 0.573 e. The lowest BCUT2D eigenvalue weighted by Crippen LogP contribution is -2.60. The van der Waals surface area contributed by atoms with Crippen LogP contribution in [-0.4, -0.2) is 71.2 Å². The molecule has 2 aromatic carbocycles. The molecule has 0 saturated carbocycles. The van der Waals surface area contributed by atoms with Crippen LogP contribution in [0.3, 0.4) is 0 Å². The van der Waals surface area contributed by atoms with Crippen molar-refractivity contribution in [3.8, 4) is 22.8 Å². The molecule has 0 spiro atoms. The summed E-state index contributed by atoms with van der Waals surface area (Å²) in [5, 5.41) is 2.46. The Labute approximate surface area is 271 Å². The molecule has 47 heavy (non-hydrogen) atoms. The number of anilines is 1. The average molecular weight is 788 g/mol. The van der Waals surface area contributed by atoms with Crippen molar-refractivity contribution in [3.05, 3.63) is 68.9 Å². The smallest absolute Gasteiger partial charge is 0.483 e. The number of nitrogens with one attached hydrogen (secondary N) is 1. The first-order valence-corrected chi connectivity index (χ1v) is 14.3. The van der Waals surface area contributed by atoms with Gasteiger partial charge in [-0.1, -0.05) is 0 Å². The first-order chi connectivity index (χ1) is 21.8. The van der Waals surface area contributed by atoms with Crippen LogP contribution in [0.25, 0.3) is 11.3 Å². The Morgan fingerprint density at radius 1 is 0.915 bits per heavy atom. The SMILES string of the molecule is O=C1Nc2ccc(-c3cc(C(F)(F)F)cc(C(F)(F)F)c3)nc2C(=O)N2CCN(C(=O)COc3ccc(OC(F)(F)F)cc3I)C[C@@H]12. The highest BCUT2D eigenvalue weighted by Gasteiger charge is 2.42. The third-order valence-corrected chi connectivity index (χ3v) is 7.87. The summed E-state index contributed by atoms with van der Waals surface area (Å²) in [5.41, 5.74) is -4.69. The van der Waals surface area contributed by atoms with E-state index >= 15 is 0 Å². The predicted octanol–water partition coefficient (Wildman–Crippen LogP) is 5.97. The quantitative estimate of drug-likeness (QED) is 0.253. The van der Waals surface area contributed by atoms with E-state index in [9.17, 15) is 53.9 Å². The van der Waals surface area contributed by atoms with E-state index in [0.29, 0.717) is 12.1 Å². The second-order valence-electron chi connectivity index (χ2n) is 10.2. The highest BCUT2D eigenvalue weighted by molar-refractivity contribution is 14.1. The molecule has 1 fully saturated rings. The van der Waals surface area contributed by atoms with Gasteiger partial charge >= 0.3 is 18.7 Å². The topological polar surface area (TPSA) is 101 Å². The summed E-state index contributed by atoms with van der Waals surface area (Å²) in [6.07, 6.45) is -15.1. The van der Waals surface area contributed by atoms with Crippen molar-refractivity contribution >= 4 is 46.0 Å². The summed E-state index contributed by atoms with van der Waals surface area (Å²) < 4.78 is 127. The van der Waals surface area contributed by atoms with Crippen molar-refractivity contribution in [1.29, 1.82) is 0 Å². The normalized spacial score (nSPS) is 17.0. The minimum Gasteiger partial charge on any atom is -0.483 e. The molecule has 5 rings (SSSR count). The largest absolute Gasteiger partial charge is 0.573 e. The van der Waals surface area contributed by atoms with E-state index in [1.54, 1.807) is 22.6 Å². The molecule has 2 aliphatic rings. The maximum atomic E-state index is 13.5. The van der Waals surface area contributed by atoms with Gasteiger partial charge in [-0.05, 0) is 71.1 Å². The Bertz CT molecular complexity index is 1710. The van der Waals surface area contributed by atoms with Crippen molar-refractivity contribution in [1.82, 2.24) is 14.8 Å². The molecule has 9 nitrogen and oxygen atoms in total. The third kappa shape index (κ3) is 7.65. The van der Waals surface area contributed by atoms with E-state index in [1.807, 2.05) is 0 Å². The maximum absolute atomic E-state index is 13.5. The van der Waals surface area contributed by atoms with Gasteiger partial charge in [0, 0.05) is 18.7 Å². The number of pyridine rings is 1. The number of halogens is 10. The van der Waals surface area contributed by atoms with Gasteiger partial charge in [0.2, 0.25) is 5.91 Å². The first-order valence-electron chi connectivity index (χ1n) is 13.2. The lowest BCUT2D eigenvalue weighted by atomic mass is 10.0. The molecule has 1 aromatic heterocycles. The van der Waals surface area contributed by atoms with E-state index in [4.69, 9.17) is 4.74 Å². The molecule has 0 radical (unpaired) electrons. The summed E-state index contributed by atoms with van der Waals surface area (Å²) in [5.74, 6) is -2.63. The number of amides is 3. The minimum atomic E-state index is -5.12. The monoisotopic (exact) mass is 788 g/mol. The average Bonchev–Trinajstić information content (AvgIpc) is 3.07. The molecular formula is C28H18F9IN4O5. The lowest BCUT2D eigenvalue weighted by molar-refractivity contribution is -0.274. The molecule has 0 bridgehead atoms. The fourth-order valence-electron chi connectivity index (χ4n) is 4.84. The number of rotatable bonds is 5. The van der Waals surface area contributed by atoms with Crippen LogP contribution in [0.4, 0.5) is 45.2 Å². The number of benzene rings is 2. The van der Waals surface area contributed by atoms with Gasteiger partial charge in [-0.2, -0.15) is 26.3 Å². The minimum absolute atomic E-state index is 0.0429. The van der Waals surface area contributed by atoms with Gasteiger partial charge < -0.3 is 24.6 Å². The predicted molar refractivity (Wildman–Crippen MR) is 151 cm³/mol. The fraction of sp³-hybridized carbons (Fsp3) is 0.286. The van der Waals surface area contributed by atoms with Crippen molar-refractivity contribution < 1.29 is 63.4 Å². The van der Waals surface area contributed by atoms with Crippen LogP contribution in [0.1, 0.15) is 21.6 Å². The van der Waals surface area contributed by atoms with Crippen LogP contribution in [0, 0.1) is 3.57 Å².